The summed E-state index contributed by atoms with van der Waals surface area (Å²) in [7, 11) is 0. The van der Waals surface area contributed by atoms with Crippen LogP contribution in [0.15, 0.2) is 152 Å². The maximum absolute atomic E-state index is 5.14. The molecule has 3 heteroatoms. The Hall–Kier alpha value is -5.93. The van der Waals surface area contributed by atoms with E-state index in [1.54, 1.807) is 0 Å². The second kappa shape index (κ2) is 9.82. The number of hydrogen-bond acceptors (Lipinski definition) is 3. The summed E-state index contributed by atoms with van der Waals surface area (Å²) in [6.07, 6.45) is 1.91. The Balaban J connectivity index is 1.10. The van der Waals surface area contributed by atoms with Crippen molar-refractivity contribution in [2.24, 2.45) is 0 Å². The van der Waals surface area contributed by atoms with Gasteiger partial charge in [0.05, 0.1) is 27.9 Å². The van der Waals surface area contributed by atoms with Crippen molar-refractivity contribution >= 4 is 54.3 Å². The number of pyridine rings is 3. The van der Waals surface area contributed by atoms with Gasteiger partial charge in [0, 0.05) is 33.5 Å². The predicted octanol–water partition coefficient (Wildman–Crippen LogP) is 10.6. The monoisotopic (exact) mass is 559 g/mol. The number of benzene rings is 6. The molecule has 0 saturated carbocycles. The van der Waals surface area contributed by atoms with Crippen LogP contribution in [0.2, 0.25) is 0 Å². The number of para-hydroxylation sites is 1. The molecule has 9 aromatic rings. The first kappa shape index (κ1) is 24.6. The Kier molecular flexibility index (Phi) is 5.50. The zero-order chi connectivity index (χ0) is 29.0. The lowest BCUT2D eigenvalue weighted by Crippen LogP contribution is -1.90. The predicted molar refractivity (Wildman–Crippen MR) is 184 cm³/mol. The molecule has 204 valence electrons. The van der Waals surface area contributed by atoms with Crippen LogP contribution in [0.5, 0.6) is 0 Å². The molecule has 0 aliphatic rings. The second-order valence-corrected chi connectivity index (χ2v) is 11.3. The standard InChI is InChI=1S/C41H25N3/c1-3-9-33-29(7-1)23-36(35-11-5-4-10-34(33)35)40-20-17-31-21-27(16-19-38(31)43-40)28-14-13-26-15-18-39(44-41(26)24-28)32-22-30-8-2-6-12-37(30)42-25-32/h1-25H. The number of aromatic nitrogens is 3. The maximum Gasteiger partial charge on any atom is 0.0725 e. The van der Waals surface area contributed by atoms with Gasteiger partial charge >= 0.3 is 0 Å². The van der Waals surface area contributed by atoms with Gasteiger partial charge in [-0.1, -0.05) is 97.1 Å². The molecule has 6 aromatic carbocycles. The van der Waals surface area contributed by atoms with Crippen molar-refractivity contribution in [3.63, 3.8) is 0 Å². The van der Waals surface area contributed by atoms with Crippen LogP contribution in [0.1, 0.15) is 0 Å². The number of fused-ring (bicyclic) bond motifs is 6. The van der Waals surface area contributed by atoms with Gasteiger partial charge in [0.2, 0.25) is 0 Å². The Bertz CT molecular complexity index is 2570. The summed E-state index contributed by atoms with van der Waals surface area (Å²) in [5.41, 5.74) is 9.28. The Morgan fingerprint density at radius 2 is 0.977 bits per heavy atom. The molecule has 0 aliphatic carbocycles. The molecule has 9 rings (SSSR count). The summed E-state index contributed by atoms with van der Waals surface area (Å²) in [5.74, 6) is 0. The van der Waals surface area contributed by atoms with Crippen molar-refractivity contribution in [1.29, 1.82) is 0 Å². The third-order valence-corrected chi connectivity index (χ3v) is 8.64. The molecule has 0 spiro atoms. The molecule has 0 bridgehead atoms. The number of rotatable bonds is 3. The van der Waals surface area contributed by atoms with Crippen LogP contribution in [0, 0.1) is 0 Å². The summed E-state index contributed by atoms with van der Waals surface area (Å²) >= 11 is 0. The van der Waals surface area contributed by atoms with Crippen LogP contribution in [0.4, 0.5) is 0 Å². The summed E-state index contributed by atoms with van der Waals surface area (Å²) < 4.78 is 0. The molecule has 44 heavy (non-hydrogen) atoms. The van der Waals surface area contributed by atoms with Crippen molar-refractivity contribution in [2.75, 3.05) is 0 Å². The minimum atomic E-state index is 0.921. The molecule has 0 saturated heterocycles. The maximum atomic E-state index is 5.14. The molecule has 0 unspecified atom stereocenters. The third kappa shape index (κ3) is 4.10. The average Bonchev–Trinajstić information content (AvgIpc) is 3.10. The van der Waals surface area contributed by atoms with E-state index in [4.69, 9.17) is 9.97 Å². The first-order valence-corrected chi connectivity index (χ1v) is 14.8. The van der Waals surface area contributed by atoms with Gasteiger partial charge in [0.15, 0.2) is 0 Å². The first-order chi connectivity index (χ1) is 21.8. The first-order valence-electron chi connectivity index (χ1n) is 14.8. The van der Waals surface area contributed by atoms with Gasteiger partial charge < -0.3 is 0 Å². The molecule has 0 aliphatic heterocycles. The van der Waals surface area contributed by atoms with Crippen LogP contribution < -0.4 is 0 Å². The SMILES string of the molecule is c1ccc2ncc(-c3ccc4ccc(-c5ccc6nc(-c7cc8ccccc8c8ccccc78)ccc6c5)cc4n3)cc2c1. The molecule has 0 amide bonds. The molecular weight excluding hydrogens is 534 g/mol. The molecule has 0 radical (unpaired) electrons. The second-order valence-electron chi connectivity index (χ2n) is 11.3. The lowest BCUT2D eigenvalue weighted by atomic mass is 9.95. The molecule has 3 aromatic heterocycles. The topological polar surface area (TPSA) is 38.7 Å². The molecule has 3 heterocycles. The van der Waals surface area contributed by atoms with E-state index in [-0.39, 0.29) is 0 Å². The summed E-state index contributed by atoms with van der Waals surface area (Å²) in [6.45, 7) is 0. The highest BCUT2D eigenvalue weighted by atomic mass is 14.7. The van der Waals surface area contributed by atoms with Crippen molar-refractivity contribution < 1.29 is 0 Å². The minimum absolute atomic E-state index is 0.921. The van der Waals surface area contributed by atoms with E-state index in [1.165, 1.54) is 21.5 Å². The van der Waals surface area contributed by atoms with Gasteiger partial charge in [-0.05, 0) is 81.2 Å². The van der Waals surface area contributed by atoms with Gasteiger partial charge in [-0.25, -0.2) is 9.97 Å². The normalized spacial score (nSPS) is 11.6. The van der Waals surface area contributed by atoms with Gasteiger partial charge in [0.1, 0.15) is 0 Å². The van der Waals surface area contributed by atoms with Crippen LogP contribution in [0.3, 0.4) is 0 Å². The van der Waals surface area contributed by atoms with E-state index < -0.39 is 0 Å². The molecule has 0 atom stereocenters. The van der Waals surface area contributed by atoms with Crippen molar-refractivity contribution in [1.82, 2.24) is 15.0 Å². The number of nitrogens with zero attached hydrogens (tertiary/aromatic N) is 3. The van der Waals surface area contributed by atoms with E-state index in [9.17, 15) is 0 Å². The lowest BCUT2D eigenvalue weighted by molar-refractivity contribution is 1.35. The van der Waals surface area contributed by atoms with E-state index in [1.807, 2.05) is 24.4 Å². The summed E-state index contributed by atoms with van der Waals surface area (Å²) in [6, 6.07) is 51.4. The zero-order valence-electron chi connectivity index (χ0n) is 23.8. The van der Waals surface area contributed by atoms with Crippen LogP contribution in [0.25, 0.3) is 87.9 Å². The van der Waals surface area contributed by atoms with Crippen molar-refractivity contribution in [3.05, 3.63) is 152 Å². The quantitative estimate of drug-likeness (QED) is 0.202. The Morgan fingerprint density at radius 1 is 0.341 bits per heavy atom. The summed E-state index contributed by atoms with van der Waals surface area (Å²) in [4.78, 5) is 14.8. The van der Waals surface area contributed by atoms with E-state index in [0.717, 1.165) is 66.4 Å². The lowest BCUT2D eigenvalue weighted by Gasteiger charge is -2.12. The third-order valence-electron chi connectivity index (χ3n) is 8.64. The summed E-state index contributed by atoms with van der Waals surface area (Å²) in [5, 5.41) is 8.30. The molecule has 0 N–H and O–H groups in total. The molecule has 0 fully saturated rings. The Labute approximate surface area is 254 Å². The average molecular weight is 560 g/mol. The van der Waals surface area contributed by atoms with Crippen LogP contribution in [-0.2, 0) is 0 Å². The van der Waals surface area contributed by atoms with Gasteiger partial charge in [-0.2, -0.15) is 0 Å². The van der Waals surface area contributed by atoms with Gasteiger partial charge in [-0.3, -0.25) is 4.98 Å². The zero-order valence-corrected chi connectivity index (χ0v) is 23.8. The minimum Gasteiger partial charge on any atom is -0.256 e. The van der Waals surface area contributed by atoms with E-state index in [0.29, 0.717) is 0 Å². The van der Waals surface area contributed by atoms with Gasteiger partial charge in [0.25, 0.3) is 0 Å². The highest BCUT2D eigenvalue weighted by Crippen LogP contribution is 2.35. The van der Waals surface area contributed by atoms with Crippen LogP contribution in [-0.4, -0.2) is 15.0 Å². The van der Waals surface area contributed by atoms with Crippen LogP contribution >= 0.6 is 0 Å². The molecular formula is C41H25N3. The Morgan fingerprint density at radius 3 is 1.91 bits per heavy atom. The fourth-order valence-corrected chi connectivity index (χ4v) is 6.39. The van der Waals surface area contributed by atoms with E-state index >= 15 is 0 Å². The largest absolute Gasteiger partial charge is 0.256 e. The van der Waals surface area contributed by atoms with Crippen molar-refractivity contribution in [2.45, 2.75) is 0 Å². The van der Waals surface area contributed by atoms with Crippen molar-refractivity contribution in [3.8, 4) is 33.6 Å². The fraction of sp³-hybridized carbons (Fsp3) is 0. The highest BCUT2D eigenvalue weighted by molar-refractivity contribution is 6.13. The molecule has 3 nitrogen and oxygen atoms in total. The smallest absolute Gasteiger partial charge is 0.0725 e. The fourth-order valence-electron chi connectivity index (χ4n) is 6.39. The van der Waals surface area contributed by atoms with Gasteiger partial charge in [-0.15, -0.1) is 0 Å². The van der Waals surface area contributed by atoms with E-state index in [2.05, 4.69) is 132 Å². The number of hydrogen-bond donors (Lipinski definition) is 0. The highest BCUT2D eigenvalue weighted by Gasteiger charge is 2.11.